The number of alkyl halides is 3. The molecule has 0 unspecified atom stereocenters. The van der Waals surface area contributed by atoms with E-state index in [1.807, 2.05) is 0 Å². The predicted octanol–water partition coefficient (Wildman–Crippen LogP) is 2.77. The summed E-state index contributed by atoms with van der Waals surface area (Å²) in [6, 6.07) is 4.33. The molecule has 0 aliphatic rings. The fraction of sp³-hybridized carbons (Fsp3) is 0.0909. The molecule has 0 bridgehead atoms. The number of aromatic nitrogens is 2. The van der Waals surface area contributed by atoms with E-state index in [2.05, 4.69) is 9.97 Å². The monoisotopic (exact) mass is 382 g/mol. The molecule has 2 rings (SSSR count). The van der Waals surface area contributed by atoms with E-state index in [9.17, 15) is 23.1 Å². The summed E-state index contributed by atoms with van der Waals surface area (Å²) in [7, 11) is 0. The van der Waals surface area contributed by atoms with Crippen LogP contribution in [0.5, 0.6) is 5.88 Å². The van der Waals surface area contributed by atoms with Crippen LogP contribution in [0.25, 0.3) is 11.4 Å². The molecule has 8 heteroatoms. The second kappa shape index (κ2) is 4.83. The number of H-pyrrole nitrogens is 1. The zero-order valence-electron chi connectivity index (χ0n) is 9.12. The van der Waals surface area contributed by atoms with Crippen LogP contribution in [0.3, 0.4) is 0 Å². The number of benzene rings is 1. The van der Waals surface area contributed by atoms with Crippen molar-refractivity contribution in [3.05, 3.63) is 43.8 Å². The Kier molecular flexibility index (Phi) is 3.52. The molecule has 0 saturated carbocycles. The summed E-state index contributed by atoms with van der Waals surface area (Å²) in [5.74, 6) is -0.634. The molecule has 0 atom stereocenters. The molecule has 100 valence electrons. The summed E-state index contributed by atoms with van der Waals surface area (Å²) in [6.45, 7) is 0. The molecule has 0 aliphatic heterocycles. The van der Waals surface area contributed by atoms with Crippen LogP contribution in [0.15, 0.2) is 29.1 Å². The molecule has 0 saturated heterocycles. The molecule has 0 amide bonds. The van der Waals surface area contributed by atoms with Gasteiger partial charge in [0.1, 0.15) is 9.39 Å². The average molecular weight is 382 g/mol. The standard InChI is InChI=1S/C11H6F3IN2O2/c12-11(13,14)6-3-1-2-5(4-6)8-16-9(18)7(15)10(19)17-8/h1-4H,(H2,16,17,18,19). The van der Waals surface area contributed by atoms with E-state index in [-0.39, 0.29) is 15.0 Å². The SMILES string of the molecule is O=c1[nH]c(-c2cccc(C(F)(F)F)c2)nc(O)c1I. The molecule has 19 heavy (non-hydrogen) atoms. The van der Waals surface area contributed by atoms with E-state index in [1.54, 1.807) is 22.6 Å². The normalized spacial score (nSPS) is 11.6. The quantitative estimate of drug-likeness (QED) is 0.746. The van der Waals surface area contributed by atoms with Crippen LogP contribution in [0.1, 0.15) is 5.56 Å². The highest BCUT2D eigenvalue weighted by Gasteiger charge is 2.30. The third-order valence-electron chi connectivity index (χ3n) is 2.31. The van der Waals surface area contributed by atoms with Crippen LogP contribution >= 0.6 is 22.6 Å². The second-order valence-electron chi connectivity index (χ2n) is 3.63. The highest BCUT2D eigenvalue weighted by atomic mass is 127. The van der Waals surface area contributed by atoms with Crippen LogP contribution in [-0.4, -0.2) is 15.1 Å². The van der Waals surface area contributed by atoms with E-state index in [0.29, 0.717) is 0 Å². The minimum absolute atomic E-state index is 0.0201. The first-order valence-electron chi connectivity index (χ1n) is 4.95. The third kappa shape index (κ3) is 2.88. The first-order valence-corrected chi connectivity index (χ1v) is 6.03. The molecule has 2 aromatic rings. The van der Waals surface area contributed by atoms with Crippen LogP contribution in [-0.2, 0) is 6.18 Å². The highest BCUT2D eigenvalue weighted by Crippen LogP contribution is 2.31. The van der Waals surface area contributed by atoms with Gasteiger partial charge in [0, 0.05) is 5.56 Å². The van der Waals surface area contributed by atoms with Gasteiger partial charge in [0.25, 0.3) is 5.56 Å². The summed E-state index contributed by atoms with van der Waals surface area (Å²) in [6.07, 6.45) is -4.48. The van der Waals surface area contributed by atoms with Crippen molar-refractivity contribution in [2.45, 2.75) is 6.18 Å². The Balaban J connectivity index is 2.57. The maximum atomic E-state index is 12.6. The molecule has 2 N–H and O–H groups in total. The lowest BCUT2D eigenvalue weighted by Gasteiger charge is -2.08. The first-order chi connectivity index (χ1) is 8.79. The van der Waals surface area contributed by atoms with Gasteiger partial charge in [-0.2, -0.15) is 18.2 Å². The van der Waals surface area contributed by atoms with E-state index >= 15 is 0 Å². The van der Waals surface area contributed by atoms with Crippen molar-refractivity contribution in [3.8, 4) is 17.3 Å². The Hall–Kier alpha value is -1.58. The summed E-state index contributed by atoms with van der Waals surface area (Å²) in [4.78, 5) is 17.4. The van der Waals surface area contributed by atoms with Crippen molar-refractivity contribution in [1.29, 1.82) is 0 Å². The lowest BCUT2D eigenvalue weighted by molar-refractivity contribution is -0.137. The number of hydrogen-bond donors (Lipinski definition) is 2. The minimum Gasteiger partial charge on any atom is -0.492 e. The minimum atomic E-state index is -4.48. The van der Waals surface area contributed by atoms with Crippen LogP contribution in [0, 0.1) is 3.57 Å². The third-order valence-corrected chi connectivity index (χ3v) is 3.28. The van der Waals surface area contributed by atoms with Gasteiger partial charge in [0.05, 0.1) is 5.56 Å². The molecule has 1 aromatic heterocycles. The van der Waals surface area contributed by atoms with Crippen LogP contribution in [0.2, 0.25) is 0 Å². The lowest BCUT2D eigenvalue weighted by atomic mass is 10.1. The molecule has 1 aromatic carbocycles. The average Bonchev–Trinajstić information content (AvgIpc) is 2.34. The van der Waals surface area contributed by atoms with Gasteiger partial charge in [-0.3, -0.25) is 4.79 Å². The molecule has 1 heterocycles. The predicted molar refractivity (Wildman–Crippen MR) is 69.7 cm³/mol. The molecule has 4 nitrogen and oxygen atoms in total. The highest BCUT2D eigenvalue weighted by molar-refractivity contribution is 14.1. The van der Waals surface area contributed by atoms with Crippen molar-refractivity contribution in [2.75, 3.05) is 0 Å². The smallest absolute Gasteiger partial charge is 0.416 e. The first kappa shape index (κ1) is 13.8. The van der Waals surface area contributed by atoms with Gasteiger partial charge in [-0.05, 0) is 34.7 Å². The molecule has 0 radical (unpaired) electrons. The van der Waals surface area contributed by atoms with E-state index in [0.717, 1.165) is 12.1 Å². The number of hydrogen-bond acceptors (Lipinski definition) is 3. The van der Waals surface area contributed by atoms with Crippen molar-refractivity contribution in [2.24, 2.45) is 0 Å². The fourth-order valence-corrected chi connectivity index (χ4v) is 1.68. The van der Waals surface area contributed by atoms with Crippen molar-refractivity contribution in [3.63, 3.8) is 0 Å². The van der Waals surface area contributed by atoms with Gasteiger partial charge in [-0.1, -0.05) is 12.1 Å². The Morgan fingerprint density at radius 2 is 2.00 bits per heavy atom. The maximum Gasteiger partial charge on any atom is 0.416 e. The number of rotatable bonds is 1. The van der Waals surface area contributed by atoms with Crippen molar-refractivity contribution in [1.82, 2.24) is 9.97 Å². The molecular formula is C11H6F3IN2O2. The topological polar surface area (TPSA) is 66.0 Å². The van der Waals surface area contributed by atoms with Gasteiger partial charge >= 0.3 is 6.18 Å². The van der Waals surface area contributed by atoms with Crippen molar-refractivity contribution < 1.29 is 18.3 Å². The van der Waals surface area contributed by atoms with E-state index < -0.39 is 23.2 Å². The lowest BCUT2D eigenvalue weighted by Crippen LogP contribution is -2.12. The summed E-state index contributed by atoms with van der Waals surface area (Å²) in [5, 5.41) is 9.41. The number of halogens is 4. The number of aromatic hydroxyl groups is 1. The molecule has 0 spiro atoms. The fourth-order valence-electron chi connectivity index (χ4n) is 1.43. The Morgan fingerprint density at radius 1 is 1.32 bits per heavy atom. The zero-order valence-corrected chi connectivity index (χ0v) is 11.3. The maximum absolute atomic E-state index is 12.6. The number of nitrogens with zero attached hydrogens (tertiary/aromatic N) is 1. The largest absolute Gasteiger partial charge is 0.492 e. The van der Waals surface area contributed by atoms with E-state index in [4.69, 9.17) is 0 Å². The number of nitrogens with one attached hydrogen (secondary N) is 1. The molecule has 0 fully saturated rings. The van der Waals surface area contributed by atoms with Gasteiger partial charge in [0.2, 0.25) is 5.88 Å². The summed E-state index contributed by atoms with van der Waals surface area (Å²) < 4.78 is 37.7. The summed E-state index contributed by atoms with van der Waals surface area (Å²) in [5.41, 5.74) is -1.40. The molecule has 0 aliphatic carbocycles. The van der Waals surface area contributed by atoms with E-state index in [1.165, 1.54) is 12.1 Å². The van der Waals surface area contributed by atoms with Gasteiger partial charge < -0.3 is 10.1 Å². The zero-order chi connectivity index (χ0) is 14.2. The Bertz CT molecular complexity index is 682. The second-order valence-corrected chi connectivity index (χ2v) is 4.71. The molecular weight excluding hydrogens is 376 g/mol. The van der Waals surface area contributed by atoms with Crippen molar-refractivity contribution >= 4 is 22.6 Å². The number of aromatic amines is 1. The Morgan fingerprint density at radius 3 is 2.58 bits per heavy atom. The van der Waals surface area contributed by atoms with Gasteiger partial charge in [-0.25, -0.2) is 0 Å². The van der Waals surface area contributed by atoms with Gasteiger partial charge in [-0.15, -0.1) is 0 Å². The van der Waals surface area contributed by atoms with Gasteiger partial charge in [0.15, 0.2) is 0 Å². The van der Waals surface area contributed by atoms with Crippen LogP contribution < -0.4 is 5.56 Å². The van der Waals surface area contributed by atoms with Crippen LogP contribution in [0.4, 0.5) is 13.2 Å². The Labute approximate surface area is 118 Å². The summed E-state index contributed by atoms with van der Waals surface area (Å²) >= 11 is 1.59.